The van der Waals surface area contributed by atoms with Gasteiger partial charge in [-0.2, -0.15) is 0 Å². The van der Waals surface area contributed by atoms with E-state index in [0.717, 1.165) is 10.7 Å². The topological polar surface area (TPSA) is 96.9 Å². The van der Waals surface area contributed by atoms with Gasteiger partial charge in [-0.3, -0.25) is 9.59 Å². The summed E-state index contributed by atoms with van der Waals surface area (Å²) in [7, 11) is -4.11. The van der Waals surface area contributed by atoms with Gasteiger partial charge in [0.1, 0.15) is 6.10 Å². The summed E-state index contributed by atoms with van der Waals surface area (Å²) in [6, 6.07) is 13.9. The zero-order valence-corrected chi connectivity index (χ0v) is 23.0. The van der Waals surface area contributed by atoms with Crippen LogP contribution in [0.4, 0.5) is 5.82 Å². The van der Waals surface area contributed by atoms with Crippen molar-refractivity contribution in [2.45, 2.75) is 30.3 Å². The van der Waals surface area contributed by atoms with Gasteiger partial charge in [0.05, 0.1) is 45.7 Å². The normalized spacial score (nSPS) is 17.3. The SMILES string of the molecule is O=C(Cc1ccc2c(n1)N(S(=O)(=O)c1cccc(Cl)c1)C[C@H](CN1CCCC1=O)O2)c1c(Cl)cccc1Cl. The van der Waals surface area contributed by atoms with Gasteiger partial charge in [0, 0.05) is 18.0 Å². The number of sulfonamides is 1. The van der Waals surface area contributed by atoms with Crippen molar-refractivity contribution in [1.82, 2.24) is 9.88 Å². The van der Waals surface area contributed by atoms with Crippen molar-refractivity contribution in [3.63, 3.8) is 0 Å². The number of ether oxygens (including phenoxy) is 1. The second-order valence-corrected chi connectivity index (χ2v) is 12.1. The number of amides is 1. The van der Waals surface area contributed by atoms with E-state index in [1.807, 2.05) is 0 Å². The Morgan fingerprint density at radius 1 is 1.05 bits per heavy atom. The first-order chi connectivity index (χ1) is 18.1. The number of likely N-dealkylation sites (tertiary alicyclic amines) is 1. The number of nitrogens with zero attached hydrogens (tertiary/aromatic N) is 3. The van der Waals surface area contributed by atoms with E-state index >= 15 is 0 Å². The lowest BCUT2D eigenvalue weighted by molar-refractivity contribution is -0.128. The second kappa shape index (κ2) is 10.7. The Bertz CT molecular complexity index is 1510. The number of ketones is 1. The third-order valence-electron chi connectivity index (χ3n) is 6.36. The van der Waals surface area contributed by atoms with Crippen LogP contribution in [0.2, 0.25) is 15.1 Å². The number of carbonyl (C=O) groups excluding carboxylic acids is 2. The number of carbonyl (C=O) groups is 2. The molecule has 1 saturated heterocycles. The molecular formula is C26H22Cl3N3O5S. The van der Waals surface area contributed by atoms with Crippen molar-refractivity contribution < 1.29 is 22.7 Å². The van der Waals surface area contributed by atoms with Crippen molar-refractivity contribution in [3.05, 3.63) is 80.9 Å². The van der Waals surface area contributed by atoms with Gasteiger partial charge in [0.25, 0.3) is 10.0 Å². The van der Waals surface area contributed by atoms with Gasteiger partial charge in [-0.1, -0.05) is 46.9 Å². The third kappa shape index (κ3) is 5.33. The summed E-state index contributed by atoms with van der Waals surface area (Å²) in [6.07, 6.45) is 0.436. The molecule has 1 atom stereocenters. The molecule has 12 heteroatoms. The molecule has 0 radical (unpaired) electrons. The Kier molecular flexibility index (Phi) is 7.55. The number of anilines is 1. The largest absolute Gasteiger partial charge is 0.483 e. The van der Waals surface area contributed by atoms with Crippen LogP contribution in [0, 0.1) is 0 Å². The molecule has 3 aromatic rings. The number of halogens is 3. The highest BCUT2D eigenvalue weighted by molar-refractivity contribution is 7.92. The van der Waals surface area contributed by atoms with Crippen molar-refractivity contribution in [3.8, 4) is 5.75 Å². The summed E-state index contributed by atoms with van der Waals surface area (Å²) in [5.74, 6) is -0.0803. The fourth-order valence-corrected chi connectivity index (χ4v) is 6.92. The number of fused-ring (bicyclic) bond motifs is 1. The molecule has 3 heterocycles. The molecule has 5 rings (SSSR count). The Labute approximate surface area is 235 Å². The van der Waals surface area contributed by atoms with Crippen LogP contribution in [0.5, 0.6) is 5.75 Å². The maximum Gasteiger partial charge on any atom is 0.265 e. The third-order valence-corrected chi connectivity index (χ3v) is 8.98. The first-order valence-electron chi connectivity index (χ1n) is 11.8. The summed E-state index contributed by atoms with van der Waals surface area (Å²) in [6.45, 7) is 0.758. The molecular weight excluding hydrogens is 573 g/mol. The van der Waals surface area contributed by atoms with Crippen molar-refractivity contribution in [2.75, 3.05) is 23.9 Å². The maximum atomic E-state index is 13.8. The Balaban J connectivity index is 1.51. The van der Waals surface area contributed by atoms with E-state index in [1.54, 1.807) is 47.4 Å². The van der Waals surface area contributed by atoms with Crippen LogP contribution < -0.4 is 9.04 Å². The van der Waals surface area contributed by atoms with Gasteiger partial charge in [-0.15, -0.1) is 0 Å². The molecule has 2 aliphatic rings. The Morgan fingerprint density at radius 3 is 2.47 bits per heavy atom. The molecule has 0 unspecified atom stereocenters. The summed E-state index contributed by atoms with van der Waals surface area (Å²) >= 11 is 18.5. The first-order valence-corrected chi connectivity index (χ1v) is 14.4. The number of Topliss-reactive ketones (excluding diaryl/α,β-unsaturated/α-hetero) is 1. The lowest BCUT2D eigenvalue weighted by atomic mass is 10.1. The van der Waals surface area contributed by atoms with Crippen LogP contribution in [0.1, 0.15) is 28.9 Å². The fourth-order valence-electron chi connectivity index (χ4n) is 4.55. The fraction of sp³-hybridized carbons (Fsp3) is 0.269. The van der Waals surface area contributed by atoms with E-state index in [9.17, 15) is 18.0 Å². The van der Waals surface area contributed by atoms with Crippen molar-refractivity contribution in [2.24, 2.45) is 0 Å². The predicted molar refractivity (Wildman–Crippen MR) is 145 cm³/mol. The van der Waals surface area contributed by atoms with Gasteiger partial charge >= 0.3 is 0 Å². The highest BCUT2D eigenvalue weighted by Crippen LogP contribution is 2.37. The number of benzene rings is 2. The molecule has 0 N–H and O–H groups in total. The highest BCUT2D eigenvalue weighted by atomic mass is 35.5. The number of rotatable bonds is 7. The molecule has 38 heavy (non-hydrogen) atoms. The average molecular weight is 595 g/mol. The van der Waals surface area contributed by atoms with E-state index in [2.05, 4.69) is 4.98 Å². The lowest BCUT2D eigenvalue weighted by Gasteiger charge is -2.36. The standard InChI is InChI=1S/C26H22Cl3N3O5S/c27-16-4-1-5-19(12-16)38(35,36)32-15-18(14-31-11-3-8-24(31)34)37-23-10-9-17(30-26(23)32)13-22(33)25-20(28)6-2-7-21(25)29/h1-2,4-7,9-10,12,18H,3,8,11,13-15H2/t18-/m0/s1. The number of hydrogen-bond acceptors (Lipinski definition) is 6. The molecule has 1 aromatic heterocycles. The molecule has 0 spiro atoms. The number of hydrogen-bond donors (Lipinski definition) is 0. The molecule has 198 valence electrons. The van der Waals surface area contributed by atoms with Crippen LogP contribution in [-0.2, 0) is 21.2 Å². The second-order valence-electron chi connectivity index (χ2n) is 9.00. The zero-order valence-electron chi connectivity index (χ0n) is 19.9. The van der Waals surface area contributed by atoms with E-state index in [-0.39, 0.29) is 68.3 Å². The van der Waals surface area contributed by atoms with Crippen LogP contribution >= 0.6 is 34.8 Å². The van der Waals surface area contributed by atoms with E-state index in [4.69, 9.17) is 39.5 Å². The van der Waals surface area contributed by atoms with E-state index in [1.165, 1.54) is 12.1 Å². The van der Waals surface area contributed by atoms with Gasteiger partial charge in [-0.05, 0) is 48.9 Å². The smallest absolute Gasteiger partial charge is 0.265 e. The van der Waals surface area contributed by atoms with E-state index < -0.39 is 16.1 Å². The van der Waals surface area contributed by atoms with Crippen LogP contribution in [0.3, 0.4) is 0 Å². The highest BCUT2D eigenvalue weighted by Gasteiger charge is 2.38. The van der Waals surface area contributed by atoms with Gasteiger partial charge in [0.2, 0.25) is 5.91 Å². The average Bonchev–Trinajstić information content (AvgIpc) is 3.27. The summed E-state index contributed by atoms with van der Waals surface area (Å²) in [4.78, 5) is 31.4. The summed E-state index contributed by atoms with van der Waals surface area (Å²) in [5.41, 5.74) is 0.484. The molecule has 2 aliphatic heterocycles. The minimum Gasteiger partial charge on any atom is -0.483 e. The lowest BCUT2D eigenvalue weighted by Crippen LogP contribution is -2.49. The first kappa shape index (κ1) is 26.7. The van der Waals surface area contributed by atoms with Crippen molar-refractivity contribution >= 4 is 62.3 Å². The molecule has 1 fully saturated rings. The Morgan fingerprint density at radius 2 is 1.79 bits per heavy atom. The maximum absolute atomic E-state index is 13.8. The van der Waals surface area contributed by atoms with Crippen LogP contribution in [0.15, 0.2) is 59.5 Å². The number of pyridine rings is 1. The van der Waals surface area contributed by atoms with Crippen LogP contribution in [0.25, 0.3) is 0 Å². The minimum atomic E-state index is -4.11. The minimum absolute atomic E-state index is 0.00821. The quantitative estimate of drug-likeness (QED) is 0.356. The zero-order chi connectivity index (χ0) is 27.0. The monoisotopic (exact) mass is 593 g/mol. The van der Waals surface area contributed by atoms with Gasteiger partial charge in [0.15, 0.2) is 17.4 Å². The number of aromatic nitrogens is 1. The molecule has 2 aromatic carbocycles. The van der Waals surface area contributed by atoms with Crippen molar-refractivity contribution in [1.29, 1.82) is 0 Å². The summed E-state index contributed by atoms with van der Waals surface area (Å²) < 4.78 is 34.8. The molecule has 1 amide bonds. The van der Waals surface area contributed by atoms with Crippen LogP contribution in [-0.4, -0.2) is 55.7 Å². The van der Waals surface area contributed by atoms with Gasteiger partial charge < -0.3 is 9.64 Å². The van der Waals surface area contributed by atoms with E-state index in [0.29, 0.717) is 18.7 Å². The Hall–Kier alpha value is -2.85. The summed E-state index contributed by atoms with van der Waals surface area (Å²) in [5, 5.41) is 0.698. The molecule has 0 saturated carbocycles. The molecule has 0 bridgehead atoms. The molecule has 8 nitrogen and oxygen atoms in total. The predicted octanol–water partition coefficient (Wildman–Crippen LogP) is 5.05. The van der Waals surface area contributed by atoms with Gasteiger partial charge in [-0.25, -0.2) is 17.7 Å². The molecule has 0 aliphatic carbocycles.